The highest BCUT2D eigenvalue weighted by Crippen LogP contribution is 2.42. The fourth-order valence-electron chi connectivity index (χ4n) is 3.14. The largest absolute Gasteiger partial charge is 0.370 e. The average molecular weight is 350 g/mol. The van der Waals surface area contributed by atoms with Crippen molar-refractivity contribution in [1.82, 2.24) is 5.48 Å². The molecule has 23 heavy (non-hydrogen) atoms. The van der Waals surface area contributed by atoms with Crippen LogP contribution in [0.5, 0.6) is 0 Å². The molecular weight excluding hydrogens is 333 g/mol. The van der Waals surface area contributed by atoms with Crippen LogP contribution in [0.4, 0.5) is 0 Å². The molecule has 120 valence electrons. The van der Waals surface area contributed by atoms with Gasteiger partial charge < -0.3 is 4.84 Å². The van der Waals surface area contributed by atoms with Gasteiger partial charge in [0.25, 0.3) is 0 Å². The average Bonchev–Trinajstić information content (AvgIpc) is 2.55. The Hall–Kier alpha value is -1.55. The van der Waals surface area contributed by atoms with E-state index in [2.05, 4.69) is 17.6 Å². The summed E-state index contributed by atoms with van der Waals surface area (Å²) < 4.78 is 0. The van der Waals surface area contributed by atoms with Crippen molar-refractivity contribution in [1.29, 1.82) is 0 Å². The summed E-state index contributed by atoms with van der Waals surface area (Å²) >= 11 is 12.2. The predicted octanol–water partition coefficient (Wildman–Crippen LogP) is 5.03. The number of hydrogen-bond donors (Lipinski definition) is 1. The zero-order valence-electron chi connectivity index (χ0n) is 12.7. The Balaban J connectivity index is 1.93. The van der Waals surface area contributed by atoms with Gasteiger partial charge >= 0.3 is 5.97 Å². The van der Waals surface area contributed by atoms with Crippen molar-refractivity contribution in [3.8, 4) is 0 Å². The topological polar surface area (TPSA) is 38.3 Å². The van der Waals surface area contributed by atoms with Crippen LogP contribution in [0.3, 0.4) is 0 Å². The van der Waals surface area contributed by atoms with Crippen LogP contribution in [0.2, 0.25) is 10.0 Å². The number of halogens is 2. The summed E-state index contributed by atoms with van der Waals surface area (Å²) in [5.41, 5.74) is 6.40. The molecule has 0 heterocycles. The first kappa shape index (κ1) is 16.3. The lowest BCUT2D eigenvalue weighted by atomic mass is 9.77. The Labute approximate surface area is 145 Å². The van der Waals surface area contributed by atoms with E-state index >= 15 is 0 Å². The molecule has 2 aromatic carbocycles. The van der Waals surface area contributed by atoms with Gasteiger partial charge in [-0.05, 0) is 41.7 Å². The molecule has 1 unspecified atom stereocenters. The monoisotopic (exact) mass is 349 g/mol. The first-order valence-electron chi connectivity index (χ1n) is 7.53. The molecule has 5 heteroatoms. The maximum Gasteiger partial charge on any atom is 0.321 e. The van der Waals surface area contributed by atoms with Crippen LogP contribution < -0.4 is 5.48 Å². The summed E-state index contributed by atoms with van der Waals surface area (Å²) in [6, 6.07) is 14.0. The van der Waals surface area contributed by atoms with Crippen LogP contribution in [0.15, 0.2) is 42.5 Å². The van der Waals surface area contributed by atoms with Gasteiger partial charge in [0.2, 0.25) is 0 Å². The number of nitrogens with one attached hydrogen (secondary N) is 1. The molecular formula is C18H17Cl2NO2. The number of carbonyl (C=O) groups is 1. The number of rotatable bonds is 3. The normalized spacial score (nSPS) is 20.0. The van der Waals surface area contributed by atoms with Crippen molar-refractivity contribution < 1.29 is 9.63 Å². The molecule has 0 saturated heterocycles. The molecule has 0 fully saturated rings. The number of benzene rings is 2. The van der Waals surface area contributed by atoms with E-state index in [1.807, 2.05) is 30.3 Å². The number of hydrogen-bond acceptors (Lipinski definition) is 3. The minimum atomic E-state index is -0.339. The third kappa shape index (κ3) is 3.52. The number of carbonyl (C=O) groups excluding carboxylic acids is 1. The smallest absolute Gasteiger partial charge is 0.321 e. The van der Waals surface area contributed by atoms with E-state index in [-0.39, 0.29) is 17.9 Å². The van der Waals surface area contributed by atoms with E-state index in [1.165, 1.54) is 12.5 Å². The Morgan fingerprint density at radius 2 is 1.83 bits per heavy atom. The second-order valence-corrected chi connectivity index (χ2v) is 6.51. The highest BCUT2D eigenvalue weighted by atomic mass is 35.5. The van der Waals surface area contributed by atoms with Gasteiger partial charge in [-0.3, -0.25) is 4.79 Å². The molecule has 2 atom stereocenters. The molecule has 0 saturated carbocycles. The van der Waals surface area contributed by atoms with E-state index in [4.69, 9.17) is 28.0 Å². The Bertz CT molecular complexity index is 733. The standard InChI is InChI=1S/C18H17Cl2NO2/c1-11(22)23-21-18-9-7-13(14-4-2-3-5-15(14)18)12-6-8-16(19)17(20)10-12/h2-6,8,10,13,18,21H,7,9H2,1H3/t13-,18?/m0/s1. The summed E-state index contributed by atoms with van der Waals surface area (Å²) in [6.45, 7) is 1.39. The maximum atomic E-state index is 11.0. The van der Waals surface area contributed by atoms with E-state index in [0.717, 1.165) is 24.0 Å². The zero-order valence-corrected chi connectivity index (χ0v) is 14.2. The van der Waals surface area contributed by atoms with Gasteiger partial charge in [-0.1, -0.05) is 53.5 Å². The fraction of sp³-hybridized carbons (Fsp3) is 0.278. The van der Waals surface area contributed by atoms with Crippen molar-refractivity contribution in [3.05, 3.63) is 69.2 Å². The highest BCUT2D eigenvalue weighted by molar-refractivity contribution is 6.42. The van der Waals surface area contributed by atoms with Crippen molar-refractivity contribution in [2.45, 2.75) is 31.7 Å². The summed E-state index contributed by atoms with van der Waals surface area (Å²) in [4.78, 5) is 16.0. The molecule has 1 N–H and O–H groups in total. The second-order valence-electron chi connectivity index (χ2n) is 5.70. The van der Waals surface area contributed by atoms with Gasteiger partial charge in [0.05, 0.1) is 16.1 Å². The van der Waals surface area contributed by atoms with Gasteiger partial charge in [0.15, 0.2) is 0 Å². The summed E-state index contributed by atoms with van der Waals surface area (Å²) in [6.07, 6.45) is 1.81. The third-order valence-corrected chi connectivity index (χ3v) is 4.92. The van der Waals surface area contributed by atoms with Crippen LogP contribution in [0, 0.1) is 0 Å². The minimum Gasteiger partial charge on any atom is -0.370 e. The van der Waals surface area contributed by atoms with Crippen molar-refractivity contribution in [2.24, 2.45) is 0 Å². The van der Waals surface area contributed by atoms with Gasteiger partial charge in [0.1, 0.15) is 0 Å². The van der Waals surface area contributed by atoms with Crippen LogP contribution in [0.1, 0.15) is 48.4 Å². The van der Waals surface area contributed by atoms with Crippen LogP contribution in [0.25, 0.3) is 0 Å². The second kappa shape index (κ2) is 6.91. The lowest BCUT2D eigenvalue weighted by Gasteiger charge is -2.32. The quantitative estimate of drug-likeness (QED) is 0.789. The molecule has 0 bridgehead atoms. The van der Waals surface area contributed by atoms with Crippen molar-refractivity contribution in [2.75, 3.05) is 0 Å². The maximum absolute atomic E-state index is 11.0. The highest BCUT2D eigenvalue weighted by Gasteiger charge is 2.28. The summed E-state index contributed by atoms with van der Waals surface area (Å²) in [7, 11) is 0. The molecule has 0 aromatic heterocycles. The Morgan fingerprint density at radius 1 is 1.09 bits per heavy atom. The first-order chi connectivity index (χ1) is 11.1. The SMILES string of the molecule is CC(=O)ONC1CC[C@@H](c2ccc(Cl)c(Cl)c2)c2ccccc21. The molecule has 2 aromatic rings. The Morgan fingerprint density at radius 3 is 2.52 bits per heavy atom. The number of hydroxylamine groups is 1. The van der Waals surface area contributed by atoms with Gasteiger partial charge in [-0.15, -0.1) is 5.48 Å². The first-order valence-corrected chi connectivity index (χ1v) is 8.28. The third-order valence-electron chi connectivity index (χ3n) is 4.18. The molecule has 1 aliphatic carbocycles. The van der Waals surface area contributed by atoms with E-state index in [9.17, 15) is 4.79 Å². The molecule has 0 radical (unpaired) electrons. The van der Waals surface area contributed by atoms with Gasteiger partial charge in [-0.25, -0.2) is 0 Å². The summed E-state index contributed by atoms with van der Waals surface area (Å²) in [5, 5.41) is 1.13. The molecule has 0 spiro atoms. The molecule has 3 nitrogen and oxygen atoms in total. The van der Waals surface area contributed by atoms with Crippen LogP contribution in [-0.4, -0.2) is 5.97 Å². The minimum absolute atomic E-state index is 0.00845. The lowest BCUT2D eigenvalue weighted by Crippen LogP contribution is -2.28. The van der Waals surface area contributed by atoms with Gasteiger partial charge in [0, 0.05) is 12.8 Å². The van der Waals surface area contributed by atoms with E-state index in [1.54, 1.807) is 0 Å². The van der Waals surface area contributed by atoms with Crippen molar-refractivity contribution >= 4 is 29.2 Å². The van der Waals surface area contributed by atoms with Gasteiger partial charge in [-0.2, -0.15) is 0 Å². The number of fused-ring (bicyclic) bond motifs is 1. The van der Waals surface area contributed by atoms with Crippen molar-refractivity contribution in [3.63, 3.8) is 0 Å². The van der Waals surface area contributed by atoms with Crippen LogP contribution in [-0.2, 0) is 9.63 Å². The van der Waals surface area contributed by atoms with E-state index in [0.29, 0.717) is 10.0 Å². The summed E-state index contributed by atoms with van der Waals surface area (Å²) in [5.74, 6) is -0.0783. The molecule has 0 aliphatic heterocycles. The van der Waals surface area contributed by atoms with Crippen LogP contribution >= 0.6 is 23.2 Å². The molecule has 1 aliphatic rings. The van der Waals surface area contributed by atoms with E-state index < -0.39 is 0 Å². The zero-order chi connectivity index (χ0) is 16.4. The molecule has 0 amide bonds. The lowest BCUT2D eigenvalue weighted by molar-refractivity contribution is -0.150. The predicted molar refractivity (Wildman–Crippen MR) is 91.6 cm³/mol. The molecule has 3 rings (SSSR count). The Kier molecular flexibility index (Phi) is 4.90. The fourth-order valence-corrected chi connectivity index (χ4v) is 3.45.